The third kappa shape index (κ3) is 5.71. The van der Waals surface area contributed by atoms with Crippen molar-refractivity contribution in [2.75, 3.05) is 5.32 Å². The zero-order valence-electron chi connectivity index (χ0n) is 20.6. The molecule has 1 aliphatic heterocycles. The Labute approximate surface area is 210 Å². The van der Waals surface area contributed by atoms with Gasteiger partial charge in [0.1, 0.15) is 12.1 Å². The van der Waals surface area contributed by atoms with E-state index in [-0.39, 0.29) is 18.1 Å². The van der Waals surface area contributed by atoms with Gasteiger partial charge in [0.05, 0.1) is 4.92 Å². The highest BCUT2D eigenvalue weighted by Crippen LogP contribution is 2.37. The zero-order valence-corrected chi connectivity index (χ0v) is 20.6. The van der Waals surface area contributed by atoms with E-state index >= 15 is 0 Å². The number of carbonyl (C=O) groups is 2. The van der Waals surface area contributed by atoms with E-state index in [1.807, 2.05) is 81.4 Å². The Kier molecular flexibility index (Phi) is 7.05. The first kappa shape index (κ1) is 24.9. The van der Waals surface area contributed by atoms with Crippen LogP contribution in [0.1, 0.15) is 43.5 Å². The van der Waals surface area contributed by atoms with E-state index in [1.54, 1.807) is 6.07 Å². The smallest absolute Gasteiger partial charge is 0.269 e. The Bertz CT molecular complexity index is 1260. The maximum Gasteiger partial charge on any atom is 0.269 e. The van der Waals surface area contributed by atoms with Crippen LogP contribution >= 0.6 is 0 Å². The van der Waals surface area contributed by atoms with E-state index in [9.17, 15) is 19.7 Å². The van der Waals surface area contributed by atoms with Crippen LogP contribution in [0, 0.1) is 10.1 Å². The van der Waals surface area contributed by atoms with Gasteiger partial charge >= 0.3 is 0 Å². The summed E-state index contributed by atoms with van der Waals surface area (Å²) in [4.78, 5) is 40.5. The molecular formula is C28H30N4O4. The summed E-state index contributed by atoms with van der Waals surface area (Å²) in [5.41, 5.74) is 2.03. The molecule has 36 heavy (non-hydrogen) atoms. The molecule has 0 spiro atoms. The third-order valence-electron chi connectivity index (χ3n) is 5.99. The molecule has 0 bridgehead atoms. The summed E-state index contributed by atoms with van der Waals surface area (Å²) in [6.07, 6.45) is 0.398. The lowest BCUT2D eigenvalue weighted by Crippen LogP contribution is -2.50. The molecule has 8 nitrogen and oxygen atoms in total. The van der Waals surface area contributed by atoms with E-state index in [1.165, 1.54) is 17.0 Å². The Hall–Kier alpha value is -4.20. The Morgan fingerprint density at radius 2 is 1.61 bits per heavy atom. The summed E-state index contributed by atoms with van der Waals surface area (Å²) in [5.74, 6) is -0.647. The molecule has 2 amide bonds. The maximum atomic E-state index is 14.1. The fourth-order valence-electron chi connectivity index (χ4n) is 4.42. The number of benzene rings is 3. The van der Waals surface area contributed by atoms with Crippen LogP contribution in [0.15, 0.2) is 78.9 Å². The summed E-state index contributed by atoms with van der Waals surface area (Å²) in [6.45, 7) is 5.75. The molecule has 1 heterocycles. The molecule has 3 aromatic carbocycles. The van der Waals surface area contributed by atoms with Crippen LogP contribution in [0.2, 0.25) is 0 Å². The number of nitrogens with one attached hydrogen (secondary N) is 2. The molecule has 3 aromatic rings. The van der Waals surface area contributed by atoms with Gasteiger partial charge in [0.15, 0.2) is 0 Å². The van der Waals surface area contributed by atoms with Crippen LogP contribution in [0.25, 0.3) is 0 Å². The van der Waals surface area contributed by atoms with Crippen molar-refractivity contribution in [1.82, 2.24) is 10.2 Å². The van der Waals surface area contributed by atoms with Crippen LogP contribution < -0.4 is 10.6 Å². The number of fused-ring (bicyclic) bond motifs is 1. The van der Waals surface area contributed by atoms with Crippen molar-refractivity contribution in [2.45, 2.75) is 51.4 Å². The second kappa shape index (κ2) is 10.2. The molecule has 2 atom stereocenters. The molecular weight excluding hydrogens is 456 g/mol. The highest BCUT2D eigenvalue weighted by Gasteiger charge is 2.41. The number of hydrogen-bond acceptors (Lipinski definition) is 5. The van der Waals surface area contributed by atoms with Crippen molar-refractivity contribution in [1.29, 1.82) is 0 Å². The molecule has 0 saturated heterocycles. The number of rotatable bonds is 6. The lowest BCUT2D eigenvalue weighted by Gasteiger charge is -2.33. The fraction of sp³-hybridized carbons (Fsp3) is 0.286. The average molecular weight is 487 g/mol. The minimum Gasteiger partial charge on any atom is -0.373 e. The van der Waals surface area contributed by atoms with Gasteiger partial charge in [-0.2, -0.15) is 0 Å². The van der Waals surface area contributed by atoms with Crippen LogP contribution in [0.4, 0.5) is 11.4 Å². The Balaban J connectivity index is 1.86. The largest absolute Gasteiger partial charge is 0.373 e. The lowest BCUT2D eigenvalue weighted by atomic mass is 9.99. The predicted molar refractivity (Wildman–Crippen MR) is 138 cm³/mol. The molecule has 8 heteroatoms. The number of anilines is 1. The average Bonchev–Trinajstić information content (AvgIpc) is 2.94. The quantitative estimate of drug-likeness (QED) is 0.391. The van der Waals surface area contributed by atoms with Crippen LogP contribution in [0.5, 0.6) is 0 Å². The normalized spacial score (nSPS) is 17.5. The van der Waals surface area contributed by atoms with Gasteiger partial charge in [0.25, 0.3) is 5.69 Å². The first-order valence-corrected chi connectivity index (χ1v) is 11.9. The molecule has 0 aromatic heterocycles. The van der Waals surface area contributed by atoms with Crippen molar-refractivity contribution in [2.24, 2.45) is 0 Å². The van der Waals surface area contributed by atoms with Gasteiger partial charge in [-0.25, -0.2) is 0 Å². The topological polar surface area (TPSA) is 105 Å². The van der Waals surface area contributed by atoms with Crippen LogP contribution in [-0.4, -0.2) is 33.2 Å². The number of nitro groups is 1. The summed E-state index contributed by atoms with van der Waals surface area (Å²) in [5, 5.41) is 17.9. The van der Waals surface area contributed by atoms with E-state index < -0.39 is 28.5 Å². The van der Waals surface area contributed by atoms with Gasteiger partial charge in [-0.05, 0) is 38.0 Å². The molecule has 1 aliphatic rings. The second-order valence-corrected chi connectivity index (χ2v) is 10.0. The van der Waals surface area contributed by atoms with Crippen molar-refractivity contribution in [3.63, 3.8) is 0 Å². The van der Waals surface area contributed by atoms with Crippen LogP contribution in [0.3, 0.4) is 0 Å². The highest BCUT2D eigenvalue weighted by atomic mass is 16.6. The van der Waals surface area contributed by atoms with E-state index in [0.29, 0.717) is 17.7 Å². The molecule has 0 aliphatic carbocycles. The first-order chi connectivity index (χ1) is 17.1. The predicted octanol–water partition coefficient (Wildman–Crippen LogP) is 4.62. The summed E-state index contributed by atoms with van der Waals surface area (Å²) in [7, 11) is 0. The first-order valence-electron chi connectivity index (χ1n) is 11.9. The summed E-state index contributed by atoms with van der Waals surface area (Å²) in [6, 6.07) is 21.7. The minimum absolute atomic E-state index is 0.141. The standard InChI is InChI=1S/C28H30N4O4/c1-28(2,3)30-26(33)25-22-17-21(32(35)36)14-15-23(22)29-24(16-19-10-6-4-7-11-19)27(34)31(25)18-20-12-8-5-9-13-20/h4-15,17,24-25,29H,16,18H2,1-3H3,(H,30,33)/t24-,25-/m0/s1. The third-order valence-corrected chi connectivity index (χ3v) is 5.99. The number of amides is 2. The molecule has 4 rings (SSSR count). The SMILES string of the molecule is CC(C)(C)NC(=O)[C@@H]1c2cc([N+](=O)[O-])ccc2N[C@@H](Cc2ccccc2)C(=O)N1Cc1ccccc1. The van der Waals surface area contributed by atoms with Crippen molar-refractivity contribution in [3.05, 3.63) is 106 Å². The Morgan fingerprint density at radius 3 is 2.19 bits per heavy atom. The van der Waals surface area contributed by atoms with Gasteiger partial charge in [0.2, 0.25) is 11.8 Å². The Morgan fingerprint density at radius 1 is 1.00 bits per heavy atom. The molecule has 0 fully saturated rings. The van der Waals surface area contributed by atoms with Crippen LogP contribution in [-0.2, 0) is 22.6 Å². The van der Waals surface area contributed by atoms with Crippen molar-refractivity contribution >= 4 is 23.2 Å². The van der Waals surface area contributed by atoms with E-state index in [2.05, 4.69) is 10.6 Å². The number of non-ortho nitro benzene ring substituents is 1. The molecule has 2 N–H and O–H groups in total. The van der Waals surface area contributed by atoms with Gasteiger partial charge in [0, 0.05) is 41.9 Å². The summed E-state index contributed by atoms with van der Waals surface area (Å²) < 4.78 is 0. The molecule has 0 unspecified atom stereocenters. The minimum atomic E-state index is -1.06. The molecule has 0 radical (unpaired) electrons. The lowest BCUT2D eigenvalue weighted by molar-refractivity contribution is -0.384. The second-order valence-electron chi connectivity index (χ2n) is 10.0. The van der Waals surface area contributed by atoms with Gasteiger partial charge < -0.3 is 15.5 Å². The van der Waals surface area contributed by atoms with Gasteiger partial charge in [-0.3, -0.25) is 19.7 Å². The maximum absolute atomic E-state index is 14.1. The summed E-state index contributed by atoms with van der Waals surface area (Å²) >= 11 is 0. The number of carbonyl (C=O) groups excluding carboxylic acids is 2. The monoisotopic (exact) mass is 486 g/mol. The fourth-order valence-corrected chi connectivity index (χ4v) is 4.42. The van der Waals surface area contributed by atoms with E-state index in [0.717, 1.165) is 11.1 Å². The van der Waals surface area contributed by atoms with Gasteiger partial charge in [-0.1, -0.05) is 60.7 Å². The molecule has 186 valence electrons. The van der Waals surface area contributed by atoms with Gasteiger partial charge in [-0.15, -0.1) is 0 Å². The number of nitrogens with zero attached hydrogens (tertiary/aromatic N) is 2. The number of hydrogen-bond donors (Lipinski definition) is 2. The zero-order chi connectivity index (χ0) is 25.9. The van der Waals surface area contributed by atoms with Crippen molar-refractivity contribution in [3.8, 4) is 0 Å². The number of nitro benzene ring substituents is 1. The highest BCUT2D eigenvalue weighted by molar-refractivity contribution is 5.95. The van der Waals surface area contributed by atoms with Crippen molar-refractivity contribution < 1.29 is 14.5 Å². The van der Waals surface area contributed by atoms with E-state index in [4.69, 9.17) is 0 Å². The molecule has 0 saturated carbocycles.